The Morgan fingerprint density at radius 3 is 1.22 bits per heavy atom. The molecule has 6 N–H and O–H groups in total. The van der Waals surface area contributed by atoms with Crippen LogP contribution in [0.5, 0.6) is 0 Å². The summed E-state index contributed by atoms with van der Waals surface area (Å²) in [4.78, 5) is 26.7. The number of carbonyl (C=O) groups is 2. The molecule has 1 saturated heterocycles. The number of carbonyl (C=O) groups excluding carboxylic acids is 2. The van der Waals surface area contributed by atoms with Gasteiger partial charge in [0.2, 0.25) is 5.91 Å². The predicted octanol–water partition coefficient (Wildman–Crippen LogP) is 19.1. The fraction of sp³-hybridized carbons (Fsp3) is 0.816. The molecule has 8 unspecified atom stereocenters. The fourth-order valence-electron chi connectivity index (χ4n) is 11.3. The van der Waals surface area contributed by atoms with Gasteiger partial charge in [0.05, 0.1) is 25.4 Å². The van der Waals surface area contributed by atoms with E-state index >= 15 is 0 Å². The van der Waals surface area contributed by atoms with E-state index in [0.717, 1.165) is 77.0 Å². The summed E-state index contributed by atoms with van der Waals surface area (Å²) in [5.41, 5.74) is 0. The predicted molar refractivity (Wildman–Crippen MR) is 366 cm³/mol. The summed E-state index contributed by atoms with van der Waals surface area (Å²) in [5, 5.41) is 57.3. The van der Waals surface area contributed by atoms with Crippen molar-refractivity contribution >= 4 is 11.9 Å². The third-order valence-electron chi connectivity index (χ3n) is 17.1. The Labute approximate surface area is 534 Å². The Bertz CT molecular complexity index is 1690. The normalized spacial score (nSPS) is 18.6. The van der Waals surface area contributed by atoms with Crippen LogP contribution < -0.4 is 5.32 Å². The molecule has 506 valence electrons. The standard InChI is InChI=1S/C76H137NO10/c1-4-7-10-13-16-19-22-25-27-29-31-32-33-34-35-36-37-39-40-42-45-48-51-54-57-60-63-69(80)75(84)77-67(68(79)62-59-56-53-50-47-44-24-21-18-15-12-9-6-3)66-85-76-74(73(83)72(82)70(65-78)86-76)87-71(81)64-61-58-55-52-49-46-43-41-38-30-28-26-23-20-17-14-11-8-5-2/h17,20,25-28,38,41,46,49,59,62,67-70,72-74,76,78-80,82-83H,4-16,18-19,21-24,29-37,39-40,42-45,47-48,50-58,60-61,63-66H2,1-3H3,(H,77,84)/b20-17-,27-25+,28-26-,41-38-,49-46-,62-59+. The van der Waals surface area contributed by atoms with Crippen molar-refractivity contribution in [3.63, 3.8) is 0 Å². The molecule has 1 aliphatic rings. The van der Waals surface area contributed by atoms with Gasteiger partial charge in [0.15, 0.2) is 12.4 Å². The van der Waals surface area contributed by atoms with Crippen molar-refractivity contribution in [1.29, 1.82) is 0 Å². The van der Waals surface area contributed by atoms with Gasteiger partial charge in [0, 0.05) is 6.42 Å². The van der Waals surface area contributed by atoms with Gasteiger partial charge >= 0.3 is 5.97 Å². The van der Waals surface area contributed by atoms with E-state index < -0.39 is 67.4 Å². The van der Waals surface area contributed by atoms with Crippen molar-refractivity contribution in [3.05, 3.63) is 72.9 Å². The maximum absolute atomic E-state index is 13.5. The van der Waals surface area contributed by atoms with Crippen molar-refractivity contribution in [2.45, 2.75) is 384 Å². The lowest BCUT2D eigenvalue weighted by molar-refractivity contribution is -0.305. The molecule has 0 aromatic rings. The summed E-state index contributed by atoms with van der Waals surface area (Å²) in [6, 6.07) is -1.03. The smallest absolute Gasteiger partial charge is 0.306 e. The van der Waals surface area contributed by atoms with E-state index in [2.05, 4.69) is 86.8 Å². The van der Waals surface area contributed by atoms with Crippen LogP contribution in [0.25, 0.3) is 0 Å². The average molecular weight is 1220 g/mol. The number of hydrogen-bond acceptors (Lipinski definition) is 10. The first-order valence-electron chi connectivity index (χ1n) is 36.7. The van der Waals surface area contributed by atoms with Crippen LogP contribution in [-0.4, -0.2) is 99.6 Å². The molecule has 0 radical (unpaired) electrons. The van der Waals surface area contributed by atoms with E-state index in [-0.39, 0.29) is 19.4 Å². The van der Waals surface area contributed by atoms with Crippen LogP contribution in [0.4, 0.5) is 0 Å². The molecule has 11 heteroatoms. The minimum atomic E-state index is -1.63. The zero-order chi connectivity index (χ0) is 63.1. The highest BCUT2D eigenvalue weighted by molar-refractivity contribution is 5.80. The van der Waals surface area contributed by atoms with Gasteiger partial charge in [0.1, 0.15) is 24.4 Å². The minimum Gasteiger partial charge on any atom is -0.454 e. The van der Waals surface area contributed by atoms with Crippen LogP contribution >= 0.6 is 0 Å². The van der Waals surface area contributed by atoms with Crippen molar-refractivity contribution in [2.24, 2.45) is 0 Å². The minimum absolute atomic E-state index is 0.0852. The van der Waals surface area contributed by atoms with Crippen molar-refractivity contribution < 1.29 is 49.3 Å². The van der Waals surface area contributed by atoms with Crippen LogP contribution in [0, 0.1) is 0 Å². The lowest BCUT2D eigenvalue weighted by Crippen LogP contribution is -2.61. The molecule has 0 aromatic heterocycles. The molecular weight excluding hydrogens is 1090 g/mol. The monoisotopic (exact) mass is 1220 g/mol. The maximum Gasteiger partial charge on any atom is 0.306 e. The molecule has 0 aromatic carbocycles. The van der Waals surface area contributed by atoms with Crippen molar-refractivity contribution in [2.75, 3.05) is 13.2 Å². The summed E-state index contributed by atoms with van der Waals surface area (Å²) in [6.07, 6.45) is 72.3. The van der Waals surface area contributed by atoms with Gasteiger partial charge in [0.25, 0.3) is 0 Å². The molecule has 0 bridgehead atoms. The highest BCUT2D eigenvalue weighted by atomic mass is 16.7. The number of amides is 1. The lowest BCUT2D eigenvalue weighted by atomic mass is 9.99. The number of rotatable bonds is 63. The first-order valence-corrected chi connectivity index (χ1v) is 36.7. The summed E-state index contributed by atoms with van der Waals surface area (Å²) < 4.78 is 17.7. The molecule has 1 amide bonds. The van der Waals surface area contributed by atoms with Crippen LogP contribution in [-0.2, 0) is 23.8 Å². The zero-order valence-electron chi connectivity index (χ0n) is 56.4. The Kier molecular flexibility index (Phi) is 59.7. The van der Waals surface area contributed by atoms with Gasteiger partial charge in [-0.15, -0.1) is 0 Å². The molecule has 87 heavy (non-hydrogen) atoms. The number of ether oxygens (including phenoxy) is 3. The highest BCUT2D eigenvalue weighted by Crippen LogP contribution is 2.26. The van der Waals surface area contributed by atoms with Crippen LogP contribution in [0.1, 0.15) is 335 Å². The quantitative estimate of drug-likeness (QED) is 0.0195. The Balaban J connectivity index is 2.58. The first kappa shape index (κ1) is 82.1. The van der Waals surface area contributed by atoms with Crippen LogP contribution in [0.2, 0.25) is 0 Å². The summed E-state index contributed by atoms with van der Waals surface area (Å²) in [5.74, 6) is -1.22. The number of unbranched alkanes of at least 4 members (excludes halogenated alkanes) is 39. The van der Waals surface area contributed by atoms with Crippen LogP contribution in [0.3, 0.4) is 0 Å². The average Bonchev–Trinajstić information content (AvgIpc) is 2.51. The summed E-state index contributed by atoms with van der Waals surface area (Å²) >= 11 is 0. The Hall–Kier alpha value is -2.90. The second-order valence-electron chi connectivity index (χ2n) is 25.3. The molecule has 1 heterocycles. The Morgan fingerprint density at radius 1 is 0.448 bits per heavy atom. The van der Waals surface area contributed by atoms with Gasteiger partial charge in [-0.05, 0) is 96.3 Å². The molecular formula is C76H137NO10. The highest BCUT2D eigenvalue weighted by Gasteiger charge is 2.47. The maximum atomic E-state index is 13.5. The number of aliphatic hydroxyl groups excluding tert-OH is 5. The van der Waals surface area contributed by atoms with E-state index in [1.165, 1.54) is 212 Å². The molecule has 0 saturated carbocycles. The van der Waals surface area contributed by atoms with Crippen molar-refractivity contribution in [3.8, 4) is 0 Å². The molecule has 0 aliphatic carbocycles. The van der Waals surface area contributed by atoms with E-state index in [1.54, 1.807) is 6.08 Å². The van der Waals surface area contributed by atoms with E-state index in [1.807, 2.05) is 6.08 Å². The lowest BCUT2D eigenvalue weighted by Gasteiger charge is -2.41. The molecule has 8 atom stereocenters. The fourth-order valence-corrected chi connectivity index (χ4v) is 11.3. The molecule has 11 nitrogen and oxygen atoms in total. The van der Waals surface area contributed by atoms with E-state index in [9.17, 15) is 35.1 Å². The second kappa shape index (κ2) is 63.3. The topological polar surface area (TPSA) is 175 Å². The van der Waals surface area contributed by atoms with Gasteiger partial charge in [-0.25, -0.2) is 0 Å². The molecule has 1 aliphatic heterocycles. The number of allylic oxidation sites excluding steroid dienone is 11. The number of hydrogen-bond donors (Lipinski definition) is 6. The summed E-state index contributed by atoms with van der Waals surface area (Å²) in [7, 11) is 0. The van der Waals surface area contributed by atoms with Crippen molar-refractivity contribution in [1.82, 2.24) is 5.32 Å². The molecule has 1 rings (SSSR count). The van der Waals surface area contributed by atoms with E-state index in [0.29, 0.717) is 12.8 Å². The van der Waals surface area contributed by atoms with Crippen LogP contribution in [0.15, 0.2) is 72.9 Å². The second-order valence-corrected chi connectivity index (χ2v) is 25.3. The van der Waals surface area contributed by atoms with Gasteiger partial charge in [-0.3, -0.25) is 9.59 Å². The third kappa shape index (κ3) is 50.4. The number of nitrogens with one attached hydrogen (secondary N) is 1. The van der Waals surface area contributed by atoms with E-state index in [4.69, 9.17) is 14.2 Å². The summed E-state index contributed by atoms with van der Waals surface area (Å²) in [6.45, 7) is 5.78. The number of aliphatic hydroxyl groups is 5. The zero-order valence-corrected chi connectivity index (χ0v) is 56.4. The third-order valence-corrected chi connectivity index (χ3v) is 17.1. The van der Waals surface area contributed by atoms with Gasteiger partial charge < -0.3 is 45.1 Å². The molecule has 1 fully saturated rings. The first-order chi connectivity index (χ1) is 42.7. The Morgan fingerprint density at radius 2 is 0.793 bits per heavy atom. The number of esters is 1. The SMILES string of the molecule is CCCCC/C=C\C/C=C\C/C=C\C/C=C\CCCCCC(=O)OC1C(OCC(NC(=O)C(O)CCCCCCCCCCCCCCCCCC/C=C/CCCCCCCC)C(O)/C=C/CCCCCCCCCCCCC)OC(CO)C(O)C1O. The molecule has 0 spiro atoms. The van der Waals surface area contributed by atoms with Gasteiger partial charge in [-0.2, -0.15) is 0 Å². The van der Waals surface area contributed by atoms with Gasteiger partial charge in [-0.1, -0.05) is 306 Å². The largest absolute Gasteiger partial charge is 0.454 e.